The molecule has 0 aliphatic carbocycles. The van der Waals surface area contributed by atoms with Gasteiger partial charge in [-0.15, -0.1) is 0 Å². The maximum atomic E-state index is 11.6. The number of carbonyl (C=O) groups is 1. The van der Waals surface area contributed by atoms with E-state index in [1.165, 1.54) is 0 Å². The van der Waals surface area contributed by atoms with E-state index in [1.54, 1.807) is 43.3 Å². The number of aromatic hydroxyl groups is 1. The first-order valence-electron chi connectivity index (χ1n) is 7.68. The zero-order valence-corrected chi connectivity index (χ0v) is 13.2. The van der Waals surface area contributed by atoms with Crippen molar-refractivity contribution in [2.45, 2.75) is 6.92 Å². The molecule has 0 saturated heterocycles. The van der Waals surface area contributed by atoms with Crippen LogP contribution in [0.3, 0.4) is 0 Å². The molecule has 0 radical (unpaired) electrons. The zero-order chi connectivity index (χ0) is 16.9. The summed E-state index contributed by atoms with van der Waals surface area (Å²) in [6.45, 7) is 2.14. The highest BCUT2D eigenvalue weighted by atomic mass is 16.5. The highest BCUT2D eigenvalue weighted by molar-refractivity contribution is 5.89. The number of carbonyl (C=O) groups excluding carboxylic acids is 1. The predicted molar refractivity (Wildman–Crippen MR) is 94.0 cm³/mol. The molecule has 0 fully saturated rings. The summed E-state index contributed by atoms with van der Waals surface area (Å²) >= 11 is 0. The Kier molecular flexibility index (Phi) is 4.49. The molecule has 0 saturated carbocycles. The van der Waals surface area contributed by atoms with E-state index in [9.17, 15) is 9.90 Å². The fourth-order valence-electron chi connectivity index (χ4n) is 2.36. The Morgan fingerprint density at radius 1 is 0.917 bits per heavy atom. The van der Waals surface area contributed by atoms with Gasteiger partial charge in [-0.25, -0.2) is 4.79 Å². The van der Waals surface area contributed by atoms with Gasteiger partial charge in [-0.1, -0.05) is 24.0 Å². The number of hydrogen-bond acceptors (Lipinski definition) is 3. The molecule has 0 spiro atoms. The minimum atomic E-state index is -0.324. The first-order valence-corrected chi connectivity index (χ1v) is 7.68. The van der Waals surface area contributed by atoms with Crippen molar-refractivity contribution < 1.29 is 14.6 Å². The lowest BCUT2D eigenvalue weighted by Crippen LogP contribution is -2.04. The van der Waals surface area contributed by atoms with Gasteiger partial charge in [0.05, 0.1) is 12.2 Å². The molecule has 0 heterocycles. The minimum Gasteiger partial charge on any atom is -0.508 e. The summed E-state index contributed by atoms with van der Waals surface area (Å²) in [4.78, 5) is 11.6. The van der Waals surface area contributed by atoms with Crippen molar-refractivity contribution in [1.29, 1.82) is 0 Å². The van der Waals surface area contributed by atoms with Crippen molar-refractivity contribution in [2.75, 3.05) is 6.61 Å². The minimum absolute atomic E-state index is 0.253. The van der Waals surface area contributed by atoms with E-state index < -0.39 is 0 Å². The monoisotopic (exact) mass is 316 g/mol. The van der Waals surface area contributed by atoms with Gasteiger partial charge in [0.25, 0.3) is 0 Å². The van der Waals surface area contributed by atoms with Crippen LogP contribution in [-0.2, 0) is 4.74 Å². The topological polar surface area (TPSA) is 46.5 Å². The maximum absolute atomic E-state index is 11.6. The maximum Gasteiger partial charge on any atom is 0.338 e. The number of phenolic OH excluding ortho intramolecular Hbond substituents is 1. The van der Waals surface area contributed by atoms with E-state index >= 15 is 0 Å². The summed E-state index contributed by atoms with van der Waals surface area (Å²) in [6, 6.07) is 18.1. The Labute approximate surface area is 140 Å². The standard InChI is InChI=1S/C21H16O3/c1-2-24-21(23)17-8-5-15(6-9-17)3-4-16-7-10-19-14-20(22)12-11-18(19)13-16/h5-14,22H,2H2,1H3. The fourth-order valence-corrected chi connectivity index (χ4v) is 2.36. The van der Waals surface area contributed by atoms with Crippen LogP contribution in [0.5, 0.6) is 5.75 Å². The molecule has 3 aromatic rings. The summed E-state index contributed by atoms with van der Waals surface area (Å²) in [5, 5.41) is 11.5. The SMILES string of the molecule is CCOC(=O)c1ccc(C#Cc2ccc3cc(O)ccc3c2)cc1. The second-order valence-electron chi connectivity index (χ2n) is 5.29. The van der Waals surface area contributed by atoms with Gasteiger partial charge in [0, 0.05) is 11.1 Å². The van der Waals surface area contributed by atoms with Crippen LogP contribution in [0.1, 0.15) is 28.4 Å². The molecule has 0 aliphatic heterocycles. The third-order valence-corrected chi connectivity index (χ3v) is 3.57. The summed E-state index contributed by atoms with van der Waals surface area (Å²) in [6.07, 6.45) is 0. The van der Waals surface area contributed by atoms with Crippen LogP contribution in [0, 0.1) is 11.8 Å². The largest absolute Gasteiger partial charge is 0.508 e. The van der Waals surface area contributed by atoms with Crippen molar-refractivity contribution >= 4 is 16.7 Å². The highest BCUT2D eigenvalue weighted by Crippen LogP contribution is 2.20. The lowest BCUT2D eigenvalue weighted by atomic mass is 10.1. The van der Waals surface area contributed by atoms with Crippen molar-refractivity contribution in [3.8, 4) is 17.6 Å². The van der Waals surface area contributed by atoms with Crippen LogP contribution in [0.15, 0.2) is 60.7 Å². The second kappa shape index (κ2) is 6.89. The molecule has 118 valence electrons. The number of fused-ring (bicyclic) bond motifs is 1. The van der Waals surface area contributed by atoms with Gasteiger partial charge in [-0.05, 0) is 66.2 Å². The van der Waals surface area contributed by atoms with Gasteiger partial charge >= 0.3 is 5.97 Å². The zero-order valence-electron chi connectivity index (χ0n) is 13.2. The molecule has 0 aromatic heterocycles. The molecule has 3 aromatic carbocycles. The molecule has 0 amide bonds. The number of benzene rings is 3. The first-order chi connectivity index (χ1) is 11.7. The Morgan fingerprint density at radius 3 is 2.29 bits per heavy atom. The third-order valence-electron chi connectivity index (χ3n) is 3.57. The number of rotatable bonds is 2. The Hall–Kier alpha value is -3.25. The third kappa shape index (κ3) is 3.56. The fraction of sp³-hybridized carbons (Fsp3) is 0.0952. The van der Waals surface area contributed by atoms with Gasteiger partial charge in [-0.3, -0.25) is 0 Å². The molecular weight excluding hydrogens is 300 g/mol. The highest BCUT2D eigenvalue weighted by Gasteiger charge is 2.04. The van der Waals surface area contributed by atoms with Gasteiger partial charge in [0.15, 0.2) is 0 Å². The number of ether oxygens (including phenoxy) is 1. The molecule has 0 unspecified atom stereocenters. The summed E-state index contributed by atoms with van der Waals surface area (Å²) in [7, 11) is 0. The summed E-state index contributed by atoms with van der Waals surface area (Å²) in [5.41, 5.74) is 2.24. The van der Waals surface area contributed by atoms with E-state index in [-0.39, 0.29) is 11.7 Å². The van der Waals surface area contributed by atoms with Crippen LogP contribution < -0.4 is 0 Å². The quantitative estimate of drug-likeness (QED) is 0.571. The van der Waals surface area contributed by atoms with E-state index in [0.29, 0.717) is 12.2 Å². The van der Waals surface area contributed by atoms with Gasteiger partial charge in [0.2, 0.25) is 0 Å². The average molecular weight is 316 g/mol. The Bertz CT molecular complexity index is 944. The van der Waals surface area contributed by atoms with Crippen LogP contribution >= 0.6 is 0 Å². The van der Waals surface area contributed by atoms with E-state index in [0.717, 1.165) is 21.9 Å². The smallest absolute Gasteiger partial charge is 0.338 e. The molecule has 0 bridgehead atoms. The summed E-state index contributed by atoms with van der Waals surface area (Å²) < 4.78 is 4.95. The first kappa shape index (κ1) is 15.6. The molecule has 0 aliphatic rings. The van der Waals surface area contributed by atoms with Crippen molar-refractivity contribution in [3.63, 3.8) is 0 Å². The predicted octanol–water partition coefficient (Wildman–Crippen LogP) is 4.12. The number of esters is 1. The molecule has 0 atom stereocenters. The number of phenols is 1. The Morgan fingerprint density at radius 2 is 1.54 bits per heavy atom. The van der Waals surface area contributed by atoms with E-state index in [2.05, 4.69) is 11.8 Å². The van der Waals surface area contributed by atoms with Gasteiger partial charge in [-0.2, -0.15) is 0 Å². The molecule has 24 heavy (non-hydrogen) atoms. The van der Waals surface area contributed by atoms with Crippen molar-refractivity contribution in [2.24, 2.45) is 0 Å². The average Bonchev–Trinajstić information content (AvgIpc) is 2.60. The molecular formula is C21H16O3. The van der Waals surface area contributed by atoms with Crippen LogP contribution in [0.2, 0.25) is 0 Å². The van der Waals surface area contributed by atoms with Crippen LogP contribution in [-0.4, -0.2) is 17.7 Å². The van der Waals surface area contributed by atoms with Crippen LogP contribution in [0.25, 0.3) is 10.8 Å². The van der Waals surface area contributed by atoms with Gasteiger partial charge in [0.1, 0.15) is 5.75 Å². The van der Waals surface area contributed by atoms with E-state index in [1.807, 2.05) is 24.3 Å². The Balaban J connectivity index is 1.81. The lowest BCUT2D eigenvalue weighted by molar-refractivity contribution is 0.0526. The van der Waals surface area contributed by atoms with Crippen molar-refractivity contribution in [3.05, 3.63) is 77.4 Å². The molecule has 3 rings (SSSR count). The van der Waals surface area contributed by atoms with Crippen molar-refractivity contribution in [1.82, 2.24) is 0 Å². The summed E-state index contributed by atoms with van der Waals surface area (Å²) in [5.74, 6) is 6.13. The molecule has 1 N–H and O–H groups in total. The second-order valence-corrected chi connectivity index (χ2v) is 5.29. The lowest BCUT2D eigenvalue weighted by Gasteiger charge is -2.01. The van der Waals surface area contributed by atoms with Gasteiger partial charge < -0.3 is 9.84 Å². The normalized spacial score (nSPS) is 10.0. The molecule has 3 heteroatoms. The number of hydrogen-bond donors (Lipinski definition) is 1. The van der Waals surface area contributed by atoms with Crippen LogP contribution in [0.4, 0.5) is 0 Å². The molecule has 3 nitrogen and oxygen atoms in total. The van der Waals surface area contributed by atoms with E-state index in [4.69, 9.17) is 4.74 Å².